The van der Waals surface area contributed by atoms with E-state index in [1.165, 1.54) is 4.90 Å². The van der Waals surface area contributed by atoms with E-state index in [1.807, 2.05) is 18.2 Å². The van der Waals surface area contributed by atoms with Crippen LogP contribution in [0.3, 0.4) is 0 Å². The summed E-state index contributed by atoms with van der Waals surface area (Å²) in [5, 5.41) is 32.5. The van der Waals surface area contributed by atoms with Crippen molar-refractivity contribution in [3.63, 3.8) is 0 Å². The molecule has 0 aliphatic rings. The lowest BCUT2D eigenvalue weighted by molar-refractivity contribution is -0.187. The van der Waals surface area contributed by atoms with Gasteiger partial charge < -0.3 is 15.3 Å². The summed E-state index contributed by atoms with van der Waals surface area (Å²) in [5.74, 6) is 0. The van der Waals surface area contributed by atoms with Crippen LogP contribution >= 0.6 is 0 Å². The second-order valence-corrected chi connectivity index (χ2v) is 5.80. The highest BCUT2D eigenvalue weighted by molar-refractivity contribution is 5.23. The molecule has 0 bridgehead atoms. The van der Waals surface area contributed by atoms with E-state index in [-0.39, 0.29) is 0 Å². The first-order valence-corrected chi connectivity index (χ1v) is 8.15. The summed E-state index contributed by atoms with van der Waals surface area (Å²) >= 11 is 0. The van der Waals surface area contributed by atoms with Crippen LogP contribution in [-0.2, 0) is 0 Å². The van der Waals surface area contributed by atoms with Crippen LogP contribution in [0.2, 0.25) is 0 Å². The fourth-order valence-electron chi connectivity index (χ4n) is 2.79. The third-order valence-corrected chi connectivity index (χ3v) is 4.14. The molecule has 4 nitrogen and oxygen atoms in total. The highest BCUT2D eigenvalue weighted by Crippen LogP contribution is 2.34. The molecular weight excluding hydrogens is 314 g/mol. The van der Waals surface area contributed by atoms with Gasteiger partial charge in [0.15, 0.2) is 0 Å². The van der Waals surface area contributed by atoms with Crippen molar-refractivity contribution in [2.45, 2.75) is 18.7 Å². The van der Waals surface area contributed by atoms with Crippen molar-refractivity contribution in [2.24, 2.45) is 0 Å². The van der Waals surface area contributed by atoms with Crippen molar-refractivity contribution >= 4 is 0 Å². The summed E-state index contributed by atoms with van der Waals surface area (Å²) in [4.78, 5) is 1.28. The first-order chi connectivity index (χ1) is 12.2. The van der Waals surface area contributed by atoms with E-state index in [9.17, 15) is 15.3 Å². The zero-order chi connectivity index (χ0) is 17.6. The van der Waals surface area contributed by atoms with Gasteiger partial charge in [-0.25, -0.2) is 4.90 Å². The largest absolute Gasteiger partial charge is 0.374 e. The Morgan fingerprint density at radius 3 is 0.920 bits per heavy atom. The second kappa shape index (κ2) is 8.05. The highest BCUT2D eigenvalue weighted by atomic mass is 16.4. The van der Waals surface area contributed by atoms with Crippen molar-refractivity contribution < 1.29 is 15.3 Å². The van der Waals surface area contributed by atoms with Crippen LogP contribution in [0, 0.1) is 0 Å². The maximum Gasteiger partial charge on any atom is 0.138 e. The fraction of sp³-hybridized carbons (Fsp3) is 0.143. The zero-order valence-electron chi connectivity index (χ0n) is 13.7. The summed E-state index contributed by atoms with van der Waals surface area (Å²) in [6.45, 7) is 0. The number of aliphatic hydroxyl groups is 3. The van der Waals surface area contributed by atoms with Crippen molar-refractivity contribution in [2.75, 3.05) is 0 Å². The van der Waals surface area contributed by atoms with Crippen LogP contribution in [0.5, 0.6) is 0 Å². The Bertz CT molecular complexity index is 657. The van der Waals surface area contributed by atoms with E-state index in [0.717, 1.165) is 0 Å². The Balaban J connectivity index is 1.99. The molecule has 0 saturated carbocycles. The molecule has 0 aromatic heterocycles. The minimum absolute atomic E-state index is 0.590. The van der Waals surface area contributed by atoms with Crippen molar-refractivity contribution in [1.82, 2.24) is 4.90 Å². The van der Waals surface area contributed by atoms with Crippen LogP contribution in [-0.4, -0.2) is 20.2 Å². The molecule has 0 radical (unpaired) electrons. The Hall–Kier alpha value is -2.50. The first kappa shape index (κ1) is 17.3. The van der Waals surface area contributed by atoms with Gasteiger partial charge in [-0.1, -0.05) is 91.0 Å². The van der Waals surface area contributed by atoms with Gasteiger partial charge in [0.2, 0.25) is 0 Å². The molecule has 3 aromatic carbocycles. The van der Waals surface area contributed by atoms with Gasteiger partial charge in [-0.05, 0) is 16.7 Å². The number of hydrogen-bond donors (Lipinski definition) is 3. The molecule has 25 heavy (non-hydrogen) atoms. The Labute approximate surface area is 147 Å². The van der Waals surface area contributed by atoms with E-state index in [1.54, 1.807) is 72.8 Å². The smallest absolute Gasteiger partial charge is 0.138 e. The molecule has 0 spiro atoms. The van der Waals surface area contributed by atoms with Crippen molar-refractivity contribution in [3.8, 4) is 0 Å². The van der Waals surface area contributed by atoms with Crippen LogP contribution in [0.1, 0.15) is 35.4 Å². The minimum Gasteiger partial charge on any atom is -0.374 e. The molecule has 3 rings (SSSR count). The molecule has 4 heteroatoms. The average molecular weight is 335 g/mol. The van der Waals surface area contributed by atoms with Gasteiger partial charge in [-0.2, -0.15) is 0 Å². The monoisotopic (exact) mass is 335 g/mol. The number of benzene rings is 3. The van der Waals surface area contributed by atoms with Crippen LogP contribution < -0.4 is 0 Å². The Morgan fingerprint density at radius 1 is 0.440 bits per heavy atom. The summed E-state index contributed by atoms with van der Waals surface area (Å²) < 4.78 is 0. The number of nitrogens with zero attached hydrogens (tertiary/aromatic N) is 1. The van der Waals surface area contributed by atoms with Crippen molar-refractivity contribution in [1.29, 1.82) is 0 Å². The lowest BCUT2D eigenvalue weighted by atomic mass is 10.1. The van der Waals surface area contributed by atoms with E-state index in [2.05, 4.69) is 0 Å². The summed E-state index contributed by atoms with van der Waals surface area (Å²) in [5.41, 5.74) is 1.77. The topological polar surface area (TPSA) is 63.9 Å². The molecule has 0 heterocycles. The van der Waals surface area contributed by atoms with Gasteiger partial charge in [0.25, 0.3) is 0 Å². The highest BCUT2D eigenvalue weighted by Gasteiger charge is 2.32. The maximum absolute atomic E-state index is 10.8. The van der Waals surface area contributed by atoms with Gasteiger partial charge in [0.1, 0.15) is 18.7 Å². The molecule has 3 aromatic rings. The molecule has 0 amide bonds. The molecule has 3 unspecified atom stereocenters. The number of hydrogen-bond acceptors (Lipinski definition) is 4. The molecule has 128 valence electrons. The quantitative estimate of drug-likeness (QED) is 0.605. The lowest BCUT2D eigenvalue weighted by Crippen LogP contribution is -2.36. The normalized spacial score (nSPS) is 14.9. The van der Waals surface area contributed by atoms with Crippen LogP contribution in [0.25, 0.3) is 0 Å². The second-order valence-electron chi connectivity index (χ2n) is 5.80. The Kier molecular flexibility index (Phi) is 5.58. The summed E-state index contributed by atoms with van der Waals surface area (Å²) in [7, 11) is 0. The molecule has 0 aliphatic carbocycles. The summed E-state index contributed by atoms with van der Waals surface area (Å²) in [6.07, 6.45) is -3.52. The van der Waals surface area contributed by atoms with E-state index >= 15 is 0 Å². The van der Waals surface area contributed by atoms with Gasteiger partial charge in [0.05, 0.1) is 0 Å². The molecule has 0 fully saturated rings. The third-order valence-electron chi connectivity index (χ3n) is 4.14. The maximum atomic E-state index is 10.8. The standard InChI is InChI=1S/C21H21NO3/c23-19(16-10-4-1-5-11-16)22(20(24)17-12-6-2-7-13-17)21(25)18-14-8-3-9-15-18/h1-15,19-21,23-25H. The minimum atomic E-state index is -1.17. The molecule has 0 aliphatic heterocycles. The van der Waals surface area contributed by atoms with Gasteiger partial charge in [-0.15, -0.1) is 0 Å². The molecular formula is C21H21NO3. The van der Waals surface area contributed by atoms with Gasteiger partial charge in [0, 0.05) is 0 Å². The fourth-order valence-corrected chi connectivity index (χ4v) is 2.79. The summed E-state index contributed by atoms with van der Waals surface area (Å²) in [6, 6.07) is 26.9. The van der Waals surface area contributed by atoms with E-state index in [4.69, 9.17) is 0 Å². The van der Waals surface area contributed by atoms with E-state index < -0.39 is 18.7 Å². The molecule has 3 atom stereocenters. The molecule has 3 N–H and O–H groups in total. The zero-order valence-corrected chi connectivity index (χ0v) is 13.7. The lowest BCUT2D eigenvalue weighted by Gasteiger charge is -2.36. The Morgan fingerprint density at radius 2 is 0.680 bits per heavy atom. The first-order valence-electron chi connectivity index (χ1n) is 8.15. The van der Waals surface area contributed by atoms with Crippen LogP contribution in [0.4, 0.5) is 0 Å². The van der Waals surface area contributed by atoms with Gasteiger partial charge in [-0.3, -0.25) is 0 Å². The predicted octanol–water partition coefficient (Wildman–Crippen LogP) is 3.36. The van der Waals surface area contributed by atoms with Crippen molar-refractivity contribution in [3.05, 3.63) is 108 Å². The SMILES string of the molecule is OC(c1ccccc1)N(C(O)c1ccccc1)C(O)c1ccccc1. The van der Waals surface area contributed by atoms with E-state index in [0.29, 0.717) is 16.7 Å². The third kappa shape index (κ3) is 3.95. The predicted molar refractivity (Wildman–Crippen MR) is 96.0 cm³/mol. The number of rotatable bonds is 6. The number of aliphatic hydroxyl groups excluding tert-OH is 3. The average Bonchev–Trinajstić information content (AvgIpc) is 2.70. The molecule has 0 saturated heterocycles. The van der Waals surface area contributed by atoms with Gasteiger partial charge >= 0.3 is 0 Å². The van der Waals surface area contributed by atoms with Crippen LogP contribution in [0.15, 0.2) is 91.0 Å².